The molecule has 0 heteroatoms. The normalized spacial score (nSPS) is 15.7. The van der Waals surface area contributed by atoms with E-state index >= 15 is 0 Å². The average Bonchev–Trinajstić information content (AvgIpc) is 3.21. The molecule has 0 N–H and O–H groups in total. The third-order valence-corrected chi connectivity index (χ3v) is 7.60. The van der Waals surface area contributed by atoms with Crippen molar-refractivity contribution in [3.8, 4) is 44.5 Å². The van der Waals surface area contributed by atoms with E-state index in [0.29, 0.717) is 5.56 Å². The van der Waals surface area contributed by atoms with Crippen LogP contribution < -0.4 is 0 Å². The molecule has 8 rings (SSSR count). The van der Waals surface area contributed by atoms with Gasteiger partial charge in [-0.05, 0) is 82.9 Å². The van der Waals surface area contributed by atoms with Crippen LogP contribution >= 0.6 is 0 Å². The molecule has 196 valence electrons. The third-order valence-electron chi connectivity index (χ3n) is 7.60. The monoisotopic (exact) mass is 545 g/mol. The van der Waals surface area contributed by atoms with E-state index in [1.807, 2.05) is 48.5 Å². The van der Waals surface area contributed by atoms with Crippen molar-refractivity contribution in [1.82, 2.24) is 0 Å². The predicted octanol–water partition coefficient (Wildman–Crippen LogP) is 11.8. The summed E-state index contributed by atoms with van der Waals surface area (Å²) >= 11 is 0. The maximum atomic E-state index is 9.20. The minimum absolute atomic E-state index is 0.0920. The van der Waals surface area contributed by atoms with Gasteiger partial charge in [0, 0.05) is 0 Å². The highest BCUT2D eigenvalue weighted by atomic mass is 14.2. The molecular weight excluding hydrogens is 504 g/mol. The summed E-state index contributed by atoms with van der Waals surface area (Å²) in [5, 5.41) is 1.52. The van der Waals surface area contributed by atoms with Gasteiger partial charge in [0.25, 0.3) is 0 Å². The molecule has 0 spiro atoms. The molecule has 0 saturated heterocycles. The molecule has 0 unspecified atom stereocenters. The lowest BCUT2D eigenvalue weighted by Crippen LogP contribution is -1.91. The van der Waals surface area contributed by atoms with E-state index in [1.165, 1.54) is 0 Å². The van der Waals surface area contributed by atoms with Gasteiger partial charge in [-0.15, -0.1) is 0 Å². The molecule has 0 amide bonds. The number of fused-ring (bicyclic) bond motifs is 3. The summed E-state index contributed by atoms with van der Waals surface area (Å²) in [5.41, 5.74) is 3.34. The first kappa shape index (κ1) is 14.4. The lowest BCUT2D eigenvalue weighted by atomic mass is 9.85. The molecule has 0 heterocycles. The van der Waals surface area contributed by atoms with Crippen molar-refractivity contribution in [2.24, 2.45) is 0 Å². The molecule has 0 fully saturated rings. The Balaban J connectivity index is 1.47. The molecule has 0 aliphatic rings. The molecule has 0 aliphatic carbocycles. The number of hydrogen-bond acceptors (Lipinski definition) is 0. The minimum atomic E-state index is -0.706. The maximum Gasteiger partial charge on any atom is 0.0629 e. The van der Waals surface area contributed by atoms with Crippen LogP contribution in [0.5, 0.6) is 0 Å². The predicted molar refractivity (Wildman–Crippen MR) is 181 cm³/mol. The summed E-state index contributed by atoms with van der Waals surface area (Å²) in [6.07, 6.45) is 0. The first-order valence-electron chi connectivity index (χ1n) is 20.0. The Morgan fingerprint density at radius 1 is 0.333 bits per heavy atom. The fourth-order valence-electron chi connectivity index (χ4n) is 5.71. The Hall–Kier alpha value is -5.46. The summed E-state index contributed by atoms with van der Waals surface area (Å²) in [6, 6.07) is 21.1. The first-order chi connectivity index (χ1) is 26.2. The largest absolute Gasteiger partial charge is 0.0629 e. The zero-order valence-corrected chi connectivity index (χ0v) is 22.2. The zero-order chi connectivity index (χ0) is 39.2. The van der Waals surface area contributed by atoms with Crippen LogP contribution in [0.3, 0.4) is 0 Å². The molecule has 8 aromatic carbocycles. The SMILES string of the molecule is [2H]c1c([2H])c([2H])c(-c2c3c([2H])c([2H])c([2H])c([2H])c3c(-c3cccc(-c4ccc(-c5cccc6ccccc56)cc4)c3)c3c([2H])c([2H])c([2H])c([2H])c23)c([2H])c1[2H]. The van der Waals surface area contributed by atoms with Crippen LogP contribution in [0.4, 0.5) is 0 Å². The standard InChI is InChI=1S/C42H28/c1-2-13-32(14-3-1)41-37-19-6-8-21-39(37)42(40-22-9-7-20-38(40)41)34-17-10-16-33(28-34)29-24-26-31(27-25-29)36-23-11-15-30-12-4-5-18-35(30)36/h1-28H/i1D,2D,3D,6D,7D,8D,9D,13D,14D,19D,20D,21D,22D. The molecule has 0 aliphatic heterocycles. The molecule has 0 nitrogen and oxygen atoms in total. The van der Waals surface area contributed by atoms with Crippen molar-refractivity contribution < 1.29 is 17.8 Å². The molecule has 8 aromatic rings. The van der Waals surface area contributed by atoms with Crippen LogP contribution in [0.15, 0.2) is 170 Å². The fourth-order valence-corrected chi connectivity index (χ4v) is 5.71. The van der Waals surface area contributed by atoms with E-state index in [4.69, 9.17) is 15.1 Å². The number of benzene rings is 8. The van der Waals surface area contributed by atoms with Crippen molar-refractivity contribution in [1.29, 1.82) is 0 Å². The highest BCUT2D eigenvalue weighted by Gasteiger charge is 2.16. The van der Waals surface area contributed by atoms with Gasteiger partial charge < -0.3 is 0 Å². The van der Waals surface area contributed by atoms with E-state index in [1.54, 1.807) is 18.2 Å². The van der Waals surface area contributed by atoms with E-state index in [0.717, 1.165) is 33.0 Å². The van der Waals surface area contributed by atoms with Crippen molar-refractivity contribution in [3.63, 3.8) is 0 Å². The summed E-state index contributed by atoms with van der Waals surface area (Å²) in [4.78, 5) is 0. The molecular formula is C42H28. The summed E-state index contributed by atoms with van der Waals surface area (Å²) in [7, 11) is 0. The van der Waals surface area contributed by atoms with Crippen LogP contribution in [0, 0.1) is 0 Å². The van der Waals surface area contributed by atoms with Crippen molar-refractivity contribution >= 4 is 32.3 Å². The smallest absolute Gasteiger partial charge is 0.0622 e. The summed E-state index contributed by atoms with van der Waals surface area (Å²) in [5.74, 6) is 0. The third kappa shape index (κ3) is 4.08. The average molecular weight is 546 g/mol. The van der Waals surface area contributed by atoms with E-state index in [-0.39, 0.29) is 32.7 Å². The Bertz CT molecular complexity index is 2840. The van der Waals surface area contributed by atoms with E-state index in [2.05, 4.69) is 24.3 Å². The van der Waals surface area contributed by atoms with E-state index < -0.39 is 84.1 Å². The summed E-state index contributed by atoms with van der Waals surface area (Å²) in [6.45, 7) is 0. The van der Waals surface area contributed by atoms with Crippen LogP contribution in [0.2, 0.25) is 0 Å². The van der Waals surface area contributed by atoms with Gasteiger partial charge in [0.1, 0.15) is 0 Å². The van der Waals surface area contributed by atoms with Crippen molar-refractivity contribution in [2.45, 2.75) is 0 Å². The summed E-state index contributed by atoms with van der Waals surface area (Å²) < 4.78 is 114. The second-order valence-electron chi connectivity index (χ2n) is 9.93. The molecule has 0 bridgehead atoms. The second-order valence-corrected chi connectivity index (χ2v) is 9.93. The lowest BCUT2D eigenvalue weighted by Gasteiger charge is -2.18. The Morgan fingerprint density at radius 2 is 0.857 bits per heavy atom. The van der Waals surface area contributed by atoms with Gasteiger partial charge in [-0.25, -0.2) is 0 Å². The highest BCUT2D eigenvalue weighted by Crippen LogP contribution is 2.44. The van der Waals surface area contributed by atoms with Crippen molar-refractivity contribution in [3.05, 3.63) is 170 Å². The Morgan fingerprint density at radius 3 is 1.55 bits per heavy atom. The second kappa shape index (κ2) is 10.2. The first-order valence-corrected chi connectivity index (χ1v) is 13.5. The van der Waals surface area contributed by atoms with Gasteiger partial charge in [0.2, 0.25) is 0 Å². The van der Waals surface area contributed by atoms with Gasteiger partial charge in [0.05, 0.1) is 17.8 Å². The van der Waals surface area contributed by atoms with E-state index in [9.17, 15) is 2.74 Å². The van der Waals surface area contributed by atoms with Gasteiger partial charge in [-0.3, -0.25) is 0 Å². The minimum Gasteiger partial charge on any atom is -0.0622 e. The van der Waals surface area contributed by atoms with Gasteiger partial charge >= 0.3 is 0 Å². The molecule has 0 radical (unpaired) electrons. The number of hydrogen-bond donors (Lipinski definition) is 0. The van der Waals surface area contributed by atoms with Gasteiger partial charge in [-0.2, -0.15) is 0 Å². The van der Waals surface area contributed by atoms with Gasteiger partial charge in [0.15, 0.2) is 0 Å². The van der Waals surface area contributed by atoms with Crippen LogP contribution in [-0.4, -0.2) is 0 Å². The van der Waals surface area contributed by atoms with Crippen molar-refractivity contribution in [2.75, 3.05) is 0 Å². The van der Waals surface area contributed by atoms with Crippen LogP contribution in [0.1, 0.15) is 17.8 Å². The Labute approximate surface area is 264 Å². The van der Waals surface area contributed by atoms with Crippen LogP contribution in [0.25, 0.3) is 76.8 Å². The van der Waals surface area contributed by atoms with Gasteiger partial charge in [-0.1, -0.05) is 163 Å². The Kier molecular flexibility index (Phi) is 3.50. The molecule has 0 saturated carbocycles. The maximum absolute atomic E-state index is 9.20. The molecule has 0 atom stereocenters. The zero-order valence-electron chi connectivity index (χ0n) is 35.2. The number of rotatable bonds is 4. The molecule has 42 heavy (non-hydrogen) atoms. The quantitative estimate of drug-likeness (QED) is 0.193. The highest BCUT2D eigenvalue weighted by molar-refractivity contribution is 6.21. The molecule has 0 aromatic heterocycles. The van der Waals surface area contributed by atoms with Crippen LogP contribution in [-0.2, 0) is 0 Å². The fraction of sp³-hybridized carbons (Fsp3) is 0. The topological polar surface area (TPSA) is 0 Å². The lowest BCUT2D eigenvalue weighted by molar-refractivity contribution is 1.60.